The molecule has 0 heterocycles. The standard InChI is InChI=1S/C14H27NO2/c1-12(2)13(16)10-8-6-4-5-7-9-11-14(17)15-3/h12H,4-11H2,1-3H3,(H,15,17). The highest BCUT2D eigenvalue weighted by Gasteiger charge is 2.05. The molecule has 0 bridgehead atoms. The first kappa shape index (κ1) is 16.1. The average Bonchev–Trinajstić information content (AvgIpc) is 2.31. The third-order valence-electron chi connectivity index (χ3n) is 3.00. The predicted molar refractivity (Wildman–Crippen MR) is 70.8 cm³/mol. The maximum atomic E-state index is 11.3. The Hall–Kier alpha value is -0.860. The van der Waals surface area contributed by atoms with Gasteiger partial charge >= 0.3 is 0 Å². The van der Waals surface area contributed by atoms with E-state index >= 15 is 0 Å². The Kier molecular flexibility index (Phi) is 9.78. The van der Waals surface area contributed by atoms with E-state index in [4.69, 9.17) is 0 Å². The van der Waals surface area contributed by atoms with Crippen LogP contribution in [-0.4, -0.2) is 18.7 Å². The fourth-order valence-electron chi connectivity index (χ4n) is 1.71. The van der Waals surface area contributed by atoms with Crippen molar-refractivity contribution in [3.8, 4) is 0 Å². The van der Waals surface area contributed by atoms with Crippen LogP contribution in [0.1, 0.15) is 65.2 Å². The van der Waals surface area contributed by atoms with Crippen LogP contribution in [0.4, 0.5) is 0 Å². The lowest BCUT2D eigenvalue weighted by molar-refractivity contribution is -0.122. The number of ketones is 1. The average molecular weight is 241 g/mol. The van der Waals surface area contributed by atoms with Crippen LogP contribution in [0.2, 0.25) is 0 Å². The van der Waals surface area contributed by atoms with Crippen molar-refractivity contribution in [1.29, 1.82) is 0 Å². The van der Waals surface area contributed by atoms with Crippen molar-refractivity contribution in [3.63, 3.8) is 0 Å². The number of unbranched alkanes of at least 4 members (excludes halogenated alkanes) is 5. The predicted octanol–water partition coefficient (Wildman–Crippen LogP) is 3.08. The molecule has 0 rings (SSSR count). The summed E-state index contributed by atoms with van der Waals surface area (Å²) in [6.07, 6.45) is 7.98. The van der Waals surface area contributed by atoms with E-state index in [2.05, 4.69) is 5.32 Å². The van der Waals surface area contributed by atoms with Crippen LogP contribution in [0.15, 0.2) is 0 Å². The molecule has 0 saturated carbocycles. The second-order valence-corrected chi connectivity index (χ2v) is 4.92. The highest BCUT2D eigenvalue weighted by molar-refractivity contribution is 5.80. The Morgan fingerprint density at radius 2 is 1.35 bits per heavy atom. The summed E-state index contributed by atoms with van der Waals surface area (Å²) in [5.41, 5.74) is 0. The molecule has 0 saturated heterocycles. The smallest absolute Gasteiger partial charge is 0.219 e. The minimum absolute atomic E-state index is 0.132. The van der Waals surface area contributed by atoms with E-state index in [-0.39, 0.29) is 11.8 Å². The summed E-state index contributed by atoms with van der Waals surface area (Å²) in [6, 6.07) is 0. The molecule has 0 radical (unpaired) electrons. The Balaban J connectivity index is 3.19. The van der Waals surface area contributed by atoms with Crippen molar-refractivity contribution in [3.05, 3.63) is 0 Å². The molecule has 3 nitrogen and oxygen atoms in total. The van der Waals surface area contributed by atoms with E-state index in [0.29, 0.717) is 12.2 Å². The van der Waals surface area contributed by atoms with Gasteiger partial charge in [-0.05, 0) is 12.8 Å². The monoisotopic (exact) mass is 241 g/mol. The van der Waals surface area contributed by atoms with Gasteiger partial charge in [0.1, 0.15) is 5.78 Å². The van der Waals surface area contributed by atoms with Gasteiger partial charge in [0.25, 0.3) is 0 Å². The number of nitrogens with one attached hydrogen (secondary N) is 1. The fraction of sp³-hybridized carbons (Fsp3) is 0.857. The van der Waals surface area contributed by atoms with Crippen molar-refractivity contribution in [2.75, 3.05) is 7.05 Å². The first-order valence-electron chi connectivity index (χ1n) is 6.81. The largest absolute Gasteiger partial charge is 0.359 e. The highest BCUT2D eigenvalue weighted by atomic mass is 16.1. The third-order valence-corrected chi connectivity index (χ3v) is 3.00. The molecular weight excluding hydrogens is 214 g/mol. The van der Waals surface area contributed by atoms with Gasteiger partial charge in [-0.25, -0.2) is 0 Å². The van der Waals surface area contributed by atoms with Gasteiger partial charge in [0.2, 0.25) is 5.91 Å². The van der Waals surface area contributed by atoms with Crippen molar-refractivity contribution >= 4 is 11.7 Å². The quantitative estimate of drug-likeness (QED) is 0.597. The van der Waals surface area contributed by atoms with E-state index < -0.39 is 0 Å². The fourth-order valence-corrected chi connectivity index (χ4v) is 1.71. The van der Waals surface area contributed by atoms with Crippen molar-refractivity contribution < 1.29 is 9.59 Å². The first-order chi connectivity index (χ1) is 8.07. The van der Waals surface area contributed by atoms with Gasteiger partial charge in [0, 0.05) is 25.8 Å². The number of rotatable bonds is 10. The molecule has 17 heavy (non-hydrogen) atoms. The summed E-state index contributed by atoms with van der Waals surface area (Å²) in [7, 11) is 1.67. The maximum absolute atomic E-state index is 11.3. The van der Waals surface area contributed by atoms with Crippen molar-refractivity contribution in [2.24, 2.45) is 5.92 Å². The van der Waals surface area contributed by atoms with Gasteiger partial charge in [-0.1, -0.05) is 39.5 Å². The van der Waals surface area contributed by atoms with Gasteiger partial charge in [-0.2, -0.15) is 0 Å². The topological polar surface area (TPSA) is 46.2 Å². The summed E-state index contributed by atoms with van der Waals surface area (Å²) in [6.45, 7) is 3.92. The summed E-state index contributed by atoms with van der Waals surface area (Å²) in [5.74, 6) is 0.694. The van der Waals surface area contributed by atoms with Crippen molar-refractivity contribution in [2.45, 2.75) is 65.2 Å². The van der Waals surface area contributed by atoms with Crippen LogP contribution in [-0.2, 0) is 9.59 Å². The zero-order chi connectivity index (χ0) is 13.1. The lowest BCUT2D eigenvalue weighted by Gasteiger charge is -2.04. The highest BCUT2D eigenvalue weighted by Crippen LogP contribution is 2.10. The molecule has 0 aromatic rings. The summed E-state index contributed by atoms with van der Waals surface area (Å²) >= 11 is 0. The molecule has 0 aliphatic rings. The number of carbonyl (C=O) groups is 2. The number of amides is 1. The Bertz CT molecular complexity index is 224. The van der Waals surface area contributed by atoms with E-state index in [1.54, 1.807) is 7.05 Å². The molecular formula is C14H27NO2. The number of hydrogen-bond donors (Lipinski definition) is 1. The Morgan fingerprint density at radius 3 is 1.82 bits per heavy atom. The summed E-state index contributed by atoms with van der Waals surface area (Å²) < 4.78 is 0. The summed E-state index contributed by atoms with van der Waals surface area (Å²) in [4.78, 5) is 22.3. The van der Waals surface area contributed by atoms with E-state index in [9.17, 15) is 9.59 Å². The Labute approximate surface area is 105 Å². The number of hydrogen-bond acceptors (Lipinski definition) is 2. The zero-order valence-electron chi connectivity index (χ0n) is 11.6. The first-order valence-corrected chi connectivity index (χ1v) is 6.81. The molecule has 0 aromatic heterocycles. The lowest BCUT2D eigenvalue weighted by Crippen LogP contribution is -2.16. The number of carbonyl (C=O) groups excluding carboxylic acids is 2. The van der Waals surface area contributed by atoms with Crippen molar-refractivity contribution in [1.82, 2.24) is 5.32 Å². The molecule has 100 valence electrons. The van der Waals surface area contributed by atoms with E-state index in [1.165, 1.54) is 12.8 Å². The van der Waals surface area contributed by atoms with Crippen LogP contribution in [0.25, 0.3) is 0 Å². The van der Waals surface area contributed by atoms with Gasteiger partial charge in [0.15, 0.2) is 0 Å². The molecule has 0 atom stereocenters. The van der Waals surface area contributed by atoms with Gasteiger partial charge < -0.3 is 5.32 Å². The SMILES string of the molecule is CNC(=O)CCCCCCCCC(=O)C(C)C. The zero-order valence-corrected chi connectivity index (χ0v) is 11.6. The lowest BCUT2D eigenvalue weighted by atomic mass is 10.0. The number of Topliss-reactive ketones (excluding diaryl/α,β-unsaturated/α-hetero) is 1. The molecule has 3 heteroatoms. The molecule has 0 fully saturated rings. The van der Waals surface area contributed by atoms with Gasteiger partial charge in [0.05, 0.1) is 0 Å². The van der Waals surface area contributed by atoms with Crippen LogP contribution < -0.4 is 5.32 Å². The second kappa shape index (κ2) is 10.3. The molecule has 0 unspecified atom stereocenters. The van der Waals surface area contributed by atoms with Crippen LogP contribution in [0.5, 0.6) is 0 Å². The second-order valence-electron chi connectivity index (χ2n) is 4.92. The molecule has 0 aliphatic heterocycles. The normalized spacial score (nSPS) is 10.6. The minimum atomic E-state index is 0.132. The van der Waals surface area contributed by atoms with Crippen LogP contribution in [0, 0.1) is 5.92 Å². The molecule has 1 amide bonds. The van der Waals surface area contributed by atoms with Crippen LogP contribution in [0.3, 0.4) is 0 Å². The maximum Gasteiger partial charge on any atom is 0.219 e. The third kappa shape index (κ3) is 10.0. The van der Waals surface area contributed by atoms with Gasteiger partial charge in [-0.15, -0.1) is 0 Å². The molecule has 0 spiro atoms. The molecule has 0 aliphatic carbocycles. The van der Waals surface area contributed by atoms with Gasteiger partial charge in [-0.3, -0.25) is 9.59 Å². The molecule has 0 aromatic carbocycles. The minimum Gasteiger partial charge on any atom is -0.359 e. The van der Waals surface area contributed by atoms with E-state index in [0.717, 1.165) is 32.1 Å². The van der Waals surface area contributed by atoms with E-state index in [1.807, 2.05) is 13.8 Å². The Morgan fingerprint density at radius 1 is 0.882 bits per heavy atom. The molecule has 1 N–H and O–H groups in total. The summed E-state index contributed by atoms with van der Waals surface area (Å²) in [5, 5.41) is 2.62. The van der Waals surface area contributed by atoms with Crippen LogP contribution >= 0.6 is 0 Å².